The first kappa shape index (κ1) is 17.7. The van der Waals surface area contributed by atoms with Crippen LogP contribution in [0.3, 0.4) is 0 Å². The van der Waals surface area contributed by atoms with E-state index >= 15 is 0 Å². The van der Waals surface area contributed by atoms with Gasteiger partial charge in [0.05, 0.1) is 11.5 Å². The molecule has 1 fully saturated rings. The lowest BCUT2D eigenvalue weighted by Crippen LogP contribution is -2.46. The summed E-state index contributed by atoms with van der Waals surface area (Å²) in [6.07, 6.45) is 0.392. The topological polar surface area (TPSA) is 53.3 Å². The highest BCUT2D eigenvalue weighted by Crippen LogP contribution is 2.37. The SMILES string of the molecule is CC(C)(C)OC(=O)N1CCC(C#N)(c2ccc(Br)cc2F)CC1. The van der Waals surface area contributed by atoms with Crippen molar-refractivity contribution in [2.45, 2.75) is 44.6 Å². The molecule has 2 rings (SSSR count). The Hall–Kier alpha value is -1.61. The highest BCUT2D eigenvalue weighted by Gasteiger charge is 2.40. The van der Waals surface area contributed by atoms with Crippen molar-refractivity contribution in [2.24, 2.45) is 0 Å². The van der Waals surface area contributed by atoms with Gasteiger partial charge in [0.25, 0.3) is 0 Å². The maximum Gasteiger partial charge on any atom is 0.410 e. The number of rotatable bonds is 1. The lowest BCUT2D eigenvalue weighted by Gasteiger charge is -2.38. The second kappa shape index (κ2) is 6.48. The van der Waals surface area contributed by atoms with Gasteiger partial charge in [0.15, 0.2) is 0 Å². The number of amides is 1. The molecule has 0 N–H and O–H groups in total. The van der Waals surface area contributed by atoms with Crippen molar-refractivity contribution >= 4 is 22.0 Å². The van der Waals surface area contributed by atoms with Crippen molar-refractivity contribution in [3.63, 3.8) is 0 Å². The van der Waals surface area contributed by atoms with Crippen LogP contribution in [0.5, 0.6) is 0 Å². The average Bonchev–Trinajstić information content (AvgIpc) is 2.45. The zero-order chi connectivity index (χ0) is 17.3. The Morgan fingerprint density at radius 3 is 2.48 bits per heavy atom. The van der Waals surface area contributed by atoms with Crippen LogP contribution in [-0.4, -0.2) is 29.7 Å². The number of carbonyl (C=O) groups is 1. The summed E-state index contributed by atoms with van der Waals surface area (Å²) in [5, 5.41) is 9.64. The lowest BCUT2D eigenvalue weighted by atomic mass is 9.74. The Morgan fingerprint density at radius 2 is 2.00 bits per heavy atom. The summed E-state index contributed by atoms with van der Waals surface area (Å²) in [5.41, 5.74) is -1.06. The minimum atomic E-state index is -0.900. The van der Waals surface area contributed by atoms with E-state index in [0.717, 1.165) is 0 Å². The molecule has 1 saturated heterocycles. The van der Waals surface area contributed by atoms with Gasteiger partial charge >= 0.3 is 6.09 Å². The number of benzene rings is 1. The largest absolute Gasteiger partial charge is 0.444 e. The van der Waals surface area contributed by atoms with Crippen LogP contribution in [0.25, 0.3) is 0 Å². The molecule has 124 valence electrons. The van der Waals surface area contributed by atoms with Crippen molar-refractivity contribution in [3.8, 4) is 6.07 Å². The molecule has 4 nitrogen and oxygen atoms in total. The van der Waals surface area contributed by atoms with Crippen LogP contribution >= 0.6 is 15.9 Å². The molecule has 1 heterocycles. The molecular formula is C17H20BrFN2O2. The average molecular weight is 383 g/mol. The summed E-state index contributed by atoms with van der Waals surface area (Å²) in [5.74, 6) is -0.397. The third-order valence-corrected chi connectivity index (χ3v) is 4.42. The third kappa shape index (κ3) is 4.03. The number of nitrogens with zero attached hydrogens (tertiary/aromatic N) is 2. The van der Waals surface area contributed by atoms with Gasteiger partial charge in [0.2, 0.25) is 0 Å². The molecule has 0 radical (unpaired) electrons. The van der Waals surface area contributed by atoms with Crippen molar-refractivity contribution in [3.05, 3.63) is 34.1 Å². The van der Waals surface area contributed by atoms with E-state index in [1.165, 1.54) is 6.07 Å². The molecule has 0 unspecified atom stereocenters. The Balaban J connectivity index is 2.14. The molecule has 0 spiro atoms. The second-order valence-corrected chi connectivity index (χ2v) is 7.70. The number of nitriles is 1. The first-order valence-corrected chi connectivity index (χ1v) is 8.31. The molecule has 23 heavy (non-hydrogen) atoms. The zero-order valence-electron chi connectivity index (χ0n) is 13.5. The van der Waals surface area contributed by atoms with Gasteiger partial charge in [-0.2, -0.15) is 5.26 Å². The summed E-state index contributed by atoms with van der Waals surface area (Å²) in [7, 11) is 0. The van der Waals surface area contributed by atoms with Crippen LogP contribution in [-0.2, 0) is 10.2 Å². The van der Waals surface area contributed by atoms with E-state index in [2.05, 4.69) is 22.0 Å². The minimum absolute atomic E-state index is 0.373. The molecule has 1 aromatic rings. The van der Waals surface area contributed by atoms with Gasteiger partial charge in [-0.1, -0.05) is 22.0 Å². The summed E-state index contributed by atoms with van der Waals surface area (Å²) in [4.78, 5) is 13.7. The van der Waals surface area contributed by atoms with E-state index in [9.17, 15) is 14.4 Å². The highest BCUT2D eigenvalue weighted by atomic mass is 79.9. The minimum Gasteiger partial charge on any atom is -0.444 e. The molecule has 0 saturated carbocycles. The number of hydrogen-bond donors (Lipinski definition) is 0. The van der Waals surface area contributed by atoms with Crippen molar-refractivity contribution in [2.75, 3.05) is 13.1 Å². The number of piperidine rings is 1. The van der Waals surface area contributed by atoms with E-state index in [4.69, 9.17) is 4.74 Å². The lowest BCUT2D eigenvalue weighted by molar-refractivity contribution is 0.0184. The number of hydrogen-bond acceptors (Lipinski definition) is 3. The molecule has 6 heteroatoms. The number of carbonyl (C=O) groups excluding carboxylic acids is 1. The Kier molecular flexibility index (Phi) is 5.00. The monoisotopic (exact) mass is 382 g/mol. The zero-order valence-corrected chi connectivity index (χ0v) is 15.1. The van der Waals surface area contributed by atoms with Crippen molar-refractivity contribution < 1.29 is 13.9 Å². The summed E-state index contributed by atoms with van der Waals surface area (Å²) >= 11 is 3.22. The fourth-order valence-corrected chi connectivity index (χ4v) is 3.05. The van der Waals surface area contributed by atoms with Crippen molar-refractivity contribution in [1.29, 1.82) is 5.26 Å². The smallest absolute Gasteiger partial charge is 0.410 e. The van der Waals surface area contributed by atoms with Crippen LogP contribution in [0.2, 0.25) is 0 Å². The maximum absolute atomic E-state index is 14.3. The standard InChI is InChI=1S/C17H20BrFN2O2/c1-16(2,3)23-15(22)21-8-6-17(11-20,7-9-21)13-5-4-12(18)10-14(13)19/h4-5,10H,6-9H2,1-3H3. The highest BCUT2D eigenvalue weighted by molar-refractivity contribution is 9.10. The Bertz CT molecular complexity index is 641. The van der Waals surface area contributed by atoms with Crippen LogP contribution in [0.1, 0.15) is 39.2 Å². The van der Waals surface area contributed by atoms with Crippen molar-refractivity contribution in [1.82, 2.24) is 4.90 Å². The quantitative estimate of drug-likeness (QED) is 0.723. The first-order chi connectivity index (χ1) is 10.7. The molecule has 1 aliphatic heterocycles. The van der Waals surface area contributed by atoms with E-state index in [1.54, 1.807) is 17.0 Å². The predicted molar refractivity (Wildman–Crippen MR) is 88.4 cm³/mol. The summed E-state index contributed by atoms with van der Waals surface area (Å²) < 4.78 is 20.2. The van der Waals surface area contributed by atoms with Crippen LogP contribution in [0.4, 0.5) is 9.18 Å². The molecule has 1 aliphatic rings. The van der Waals surface area contributed by atoms with Gasteiger partial charge in [0, 0.05) is 23.1 Å². The summed E-state index contributed by atoms with van der Waals surface area (Å²) in [6.45, 7) is 6.18. The van der Waals surface area contributed by atoms with Crippen LogP contribution in [0, 0.1) is 17.1 Å². The van der Waals surface area contributed by atoms with Gasteiger partial charge in [-0.05, 0) is 45.7 Å². The molecule has 0 aliphatic carbocycles. The Labute approximate surface area is 144 Å². The van der Waals surface area contributed by atoms with E-state index in [-0.39, 0.29) is 6.09 Å². The molecule has 1 aromatic carbocycles. The maximum atomic E-state index is 14.3. The molecule has 1 amide bonds. The molecule has 0 bridgehead atoms. The van der Waals surface area contributed by atoms with E-state index in [1.807, 2.05) is 20.8 Å². The predicted octanol–water partition coefficient (Wildman–Crippen LogP) is 4.38. The first-order valence-electron chi connectivity index (χ1n) is 7.52. The normalized spacial score (nSPS) is 17.5. The number of halogens is 2. The van der Waals surface area contributed by atoms with Gasteiger partial charge in [-0.15, -0.1) is 0 Å². The second-order valence-electron chi connectivity index (χ2n) is 6.79. The molecule has 0 aromatic heterocycles. The van der Waals surface area contributed by atoms with E-state index < -0.39 is 16.8 Å². The number of ether oxygens (including phenoxy) is 1. The van der Waals surface area contributed by atoms with Gasteiger partial charge in [-0.3, -0.25) is 0 Å². The van der Waals surface area contributed by atoms with Crippen LogP contribution in [0.15, 0.2) is 22.7 Å². The Morgan fingerprint density at radius 1 is 1.39 bits per heavy atom. The van der Waals surface area contributed by atoms with Gasteiger partial charge in [-0.25, -0.2) is 9.18 Å². The van der Waals surface area contributed by atoms with E-state index in [0.29, 0.717) is 36.0 Å². The van der Waals surface area contributed by atoms with Gasteiger partial charge in [0.1, 0.15) is 11.4 Å². The summed E-state index contributed by atoms with van der Waals surface area (Å²) in [6, 6.07) is 7.02. The third-order valence-electron chi connectivity index (χ3n) is 3.93. The van der Waals surface area contributed by atoms with Gasteiger partial charge < -0.3 is 9.64 Å². The number of likely N-dealkylation sites (tertiary alicyclic amines) is 1. The van der Waals surface area contributed by atoms with Crippen LogP contribution < -0.4 is 0 Å². The fourth-order valence-electron chi connectivity index (χ4n) is 2.72. The molecular weight excluding hydrogens is 363 g/mol. The fraction of sp³-hybridized carbons (Fsp3) is 0.529. The molecule has 0 atom stereocenters.